The van der Waals surface area contributed by atoms with Crippen molar-refractivity contribution in [1.29, 1.82) is 0 Å². The molecule has 0 atom stereocenters. The van der Waals surface area contributed by atoms with Crippen molar-refractivity contribution >= 4 is 22.6 Å². The fourth-order valence-electron chi connectivity index (χ4n) is 3.54. The first-order valence-corrected chi connectivity index (χ1v) is 9.07. The van der Waals surface area contributed by atoms with E-state index < -0.39 is 0 Å². The van der Waals surface area contributed by atoms with Gasteiger partial charge < -0.3 is 10.6 Å². The van der Waals surface area contributed by atoms with Gasteiger partial charge in [0.1, 0.15) is 0 Å². The van der Waals surface area contributed by atoms with Crippen molar-refractivity contribution in [1.82, 2.24) is 15.3 Å². The van der Waals surface area contributed by atoms with Crippen molar-refractivity contribution in [2.24, 2.45) is 0 Å². The van der Waals surface area contributed by atoms with Crippen LogP contribution in [0.2, 0.25) is 0 Å². The van der Waals surface area contributed by atoms with E-state index in [1.807, 2.05) is 19.2 Å². The zero-order valence-electron chi connectivity index (χ0n) is 14.5. The van der Waals surface area contributed by atoms with E-state index in [-0.39, 0.29) is 11.1 Å². The number of nitrogens with zero attached hydrogens (tertiary/aromatic N) is 2. The summed E-state index contributed by atoms with van der Waals surface area (Å²) in [5.41, 5.74) is 1.22. The first-order chi connectivity index (χ1) is 10.2. The molecule has 2 N–H and O–H groups in total. The molecule has 0 unspecified atom stereocenters. The van der Waals surface area contributed by atoms with E-state index in [2.05, 4.69) is 60.6 Å². The van der Waals surface area contributed by atoms with Gasteiger partial charge in [0, 0.05) is 28.2 Å². The van der Waals surface area contributed by atoms with Crippen LogP contribution in [-0.4, -0.2) is 33.3 Å². The maximum atomic E-state index is 4.67. The number of hydrogen-bond acceptors (Lipinski definition) is 5. The van der Waals surface area contributed by atoms with Crippen LogP contribution in [0.15, 0.2) is 18.3 Å². The predicted molar refractivity (Wildman–Crippen MR) is 97.1 cm³/mol. The quantitative estimate of drug-likeness (QED) is 0.880. The molecule has 5 heteroatoms. The standard InChI is InChI=1S/C17H28N4S/c1-7-14(22-6)13-8-9-18-15(20-13)19-12-10-16(2,3)21-17(4,5)11-12/h7-9,12,21H,10-11H2,1-6H3,(H,18,19,20)/b14-7-. The normalized spacial score (nSPS) is 21.6. The second-order valence-corrected chi connectivity index (χ2v) is 8.11. The number of hydrogen-bond donors (Lipinski definition) is 2. The lowest BCUT2D eigenvalue weighted by Crippen LogP contribution is -2.60. The molecule has 4 nitrogen and oxygen atoms in total. The lowest BCUT2D eigenvalue weighted by atomic mass is 9.80. The van der Waals surface area contributed by atoms with Crippen LogP contribution in [-0.2, 0) is 0 Å². The smallest absolute Gasteiger partial charge is 0.223 e. The second-order valence-electron chi connectivity index (χ2n) is 7.26. The third-order valence-electron chi connectivity index (χ3n) is 3.91. The Morgan fingerprint density at radius 3 is 2.50 bits per heavy atom. The van der Waals surface area contributed by atoms with Gasteiger partial charge in [-0.3, -0.25) is 0 Å². The Labute approximate surface area is 138 Å². The molecule has 1 fully saturated rings. The van der Waals surface area contributed by atoms with Crippen LogP contribution < -0.4 is 10.6 Å². The van der Waals surface area contributed by atoms with Gasteiger partial charge in [-0.2, -0.15) is 0 Å². The zero-order valence-corrected chi connectivity index (χ0v) is 15.3. The number of piperidine rings is 1. The topological polar surface area (TPSA) is 49.8 Å². The lowest BCUT2D eigenvalue weighted by Gasteiger charge is -2.46. The maximum absolute atomic E-state index is 4.67. The molecule has 2 rings (SSSR count). The fourth-order valence-corrected chi connectivity index (χ4v) is 4.10. The summed E-state index contributed by atoms with van der Waals surface area (Å²) in [5.74, 6) is 0.726. The van der Waals surface area contributed by atoms with Gasteiger partial charge in [0.2, 0.25) is 5.95 Å². The van der Waals surface area contributed by atoms with Crippen LogP contribution in [0.4, 0.5) is 5.95 Å². The minimum Gasteiger partial charge on any atom is -0.351 e. The van der Waals surface area contributed by atoms with Gasteiger partial charge in [0.05, 0.1) is 5.69 Å². The van der Waals surface area contributed by atoms with Gasteiger partial charge in [-0.15, -0.1) is 11.8 Å². The molecule has 1 aliphatic heterocycles. The highest BCUT2D eigenvalue weighted by Gasteiger charge is 2.37. The van der Waals surface area contributed by atoms with Crippen molar-refractivity contribution in [3.63, 3.8) is 0 Å². The highest BCUT2D eigenvalue weighted by molar-refractivity contribution is 8.07. The summed E-state index contributed by atoms with van der Waals surface area (Å²) in [5, 5.41) is 7.24. The summed E-state index contributed by atoms with van der Waals surface area (Å²) < 4.78 is 0. The van der Waals surface area contributed by atoms with Gasteiger partial charge in [0.25, 0.3) is 0 Å². The van der Waals surface area contributed by atoms with Gasteiger partial charge in [-0.1, -0.05) is 6.08 Å². The second kappa shape index (κ2) is 6.59. The van der Waals surface area contributed by atoms with E-state index >= 15 is 0 Å². The average molecular weight is 321 g/mol. The Bertz CT molecular complexity index is 535. The molecule has 0 aliphatic carbocycles. The van der Waals surface area contributed by atoms with Crippen LogP contribution in [0.5, 0.6) is 0 Å². The van der Waals surface area contributed by atoms with Crippen LogP contribution in [0, 0.1) is 0 Å². The van der Waals surface area contributed by atoms with E-state index in [9.17, 15) is 0 Å². The summed E-state index contributed by atoms with van der Waals surface area (Å²) in [6.07, 6.45) is 8.11. The van der Waals surface area contributed by atoms with Crippen molar-refractivity contribution in [2.75, 3.05) is 11.6 Å². The van der Waals surface area contributed by atoms with E-state index in [1.165, 1.54) is 4.91 Å². The first kappa shape index (κ1) is 17.3. The first-order valence-electron chi connectivity index (χ1n) is 7.84. The molecule has 0 bridgehead atoms. The largest absolute Gasteiger partial charge is 0.351 e. The van der Waals surface area contributed by atoms with Gasteiger partial charge in [-0.25, -0.2) is 9.97 Å². The van der Waals surface area contributed by atoms with Crippen molar-refractivity contribution in [3.05, 3.63) is 24.0 Å². The molecule has 1 aromatic rings. The van der Waals surface area contributed by atoms with Crippen molar-refractivity contribution < 1.29 is 0 Å². The maximum Gasteiger partial charge on any atom is 0.223 e. The van der Waals surface area contributed by atoms with Crippen molar-refractivity contribution in [2.45, 2.75) is 64.6 Å². The summed E-state index contributed by atoms with van der Waals surface area (Å²) in [6, 6.07) is 2.35. The molecular weight excluding hydrogens is 292 g/mol. The third-order valence-corrected chi connectivity index (χ3v) is 4.80. The minimum absolute atomic E-state index is 0.116. The number of thioether (sulfide) groups is 1. The minimum atomic E-state index is 0.116. The molecule has 1 saturated heterocycles. The SMILES string of the molecule is C/C=C(\SC)c1ccnc(NC2CC(C)(C)NC(C)(C)C2)n1. The fraction of sp³-hybridized carbons (Fsp3) is 0.647. The Kier molecular flexibility index (Phi) is 5.17. The molecule has 122 valence electrons. The number of aromatic nitrogens is 2. The van der Waals surface area contributed by atoms with Crippen LogP contribution in [0.1, 0.15) is 53.2 Å². The Morgan fingerprint density at radius 1 is 1.32 bits per heavy atom. The van der Waals surface area contributed by atoms with E-state index in [0.717, 1.165) is 24.5 Å². The van der Waals surface area contributed by atoms with Gasteiger partial charge in [0.15, 0.2) is 0 Å². The number of nitrogens with one attached hydrogen (secondary N) is 2. The molecule has 1 aliphatic rings. The predicted octanol–water partition coefficient (Wildman–Crippen LogP) is 3.92. The molecule has 0 saturated carbocycles. The Balaban J connectivity index is 2.15. The summed E-state index contributed by atoms with van der Waals surface area (Å²) >= 11 is 1.71. The highest BCUT2D eigenvalue weighted by atomic mass is 32.2. The number of allylic oxidation sites excluding steroid dienone is 1. The molecule has 1 aromatic heterocycles. The van der Waals surface area contributed by atoms with E-state index in [0.29, 0.717) is 6.04 Å². The molecule has 0 radical (unpaired) electrons. The van der Waals surface area contributed by atoms with E-state index in [1.54, 1.807) is 11.8 Å². The Hall–Kier alpha value is -1.07. The molecule has 22 heavy (non-hydrogen) atoms. The van der Waals surface area contributed by atoms with Gasteiger partial charge in [-0.05, 0) is 59.8 Å². The van der Waals surface area contributed by atoms with Crippen LogP contribution in [0.3, 0.4) is 0 Å². The van der Waals surface area contributed by atoms with Crippen molar-refractivity contribution in [3.8, 4) is 0 Å². The third kappa shape index (κ3) is 4.46. The summed E-state index contributed by atoms with van der Waals surface area (Å²) in [7, 11) is 0. The number of anilines is 1. The average Bonchev–Trinajstić information content (AvgIpc) is 2.36. The summed E-state index contributed by atoms with van der Waals surface area (Å²) in [4.78, 5) is 10.3. The van der Waals surface area contributed by atoms with Gasteiger partial charge >= 0.3 is 0 Å². The Morgan fingerprint density at radius 2 is 1.95 bits per heavy atom. The summed E-state index contributed by atoms with van der Waals surface area (Å²) in [6.45, 7) is 11.1. The monoisotopic (exact) mass is 320 g/mol. The highest BCUT2D eigenvalue weighted by Crippen LogP contribution is 2.30. The zero-order chi connectivity index (χ0) is 16.4. The molecule has 0 amide bonds. The molecule has 0 aromatic carbocycles. The lowest BCUT2D eigenvalue weighted by molar-refractivity contribution is 0.170. The molecule has 2 heterocycles. The van der Waals surface area contributed by atoms with Crippen LogP contribution >= 0.6 is 11.8 Å². The van der Waals surface area contributed by atoms with Crippen LogP contribution in [0.25, 0.3) is 4.91 Å². The van der Waals surface area contributed by atoms with E-state index in [4.69, 9.17) is 0 Å². The molecular formula is C17H28N4S. The number of rotatable bonds is 4. The molecule has 0 spiro atoms.